The van der Waals surface area contributed by atoms with E-state index < -0.39 is 15.6 Å². The van der Waals surface area contributed by atoms with Gasteiger partial charge in [0.2, 0.25) is 0 Å². The monoisotopic (exact) mass is 550 g/mol. The van der Waals surface area contributed by atoms with Gasteiger partial charge < -0.3 is 38.5 Å². The first-order valence-electron chi connectivity index (χ1n) is 1.46. The molecule has 0 amide bonds. The van der Waals surface area contributed by atoms with Crippen LogP contribution < -0.4 is 29.4 Å². The summed E-state index contributed by atoms with van der Waals surface area (Å²) in [5, 5.41) is 0. The van der Waals surface area contributed by atoms with Gasteiger partial charge in [-0.25, -0.2) is 0 Å². The average Bonchev–Trinajstić information content (AvgIpc) is 1.12. The average molecular weight is 546 g/mol. The third-order valence-electron chi connectivity index (χ3n) is 0. The molecule has 13 heteroatoms. The second kappa shape index (κ2) is 12.7. The second-order valence-corrected chi connectivity index (χ2v) is 2.68. The van der Waals surface area contributed by atoms with Gasteiger partial charge in [0, 0.05) is 0 Å². The summed E-state index contributed by atoms with van der Waals surface area (Å²) in [4.78, 5) is 51.3. The first-order valence-corrected chi connectivity index (χ1v) is 4.38. The molecule has 64 valence electrons. The smallest absolute Gasteiger partial charge is 0.822 e. The Balaban J connectivity index is -0.0000000267. The van der Waals surface area contributed by atoms with E-state index in [9.17, 15) is 0 Å². The standard InChI is InChI=1S/2H3O4P.3Sn/c2*1-5(2,3)4;;;/h2*(H3,1,2,3,4);;;/q;;3*+4/p-6. The molecule has 0 radical (unpaired) electrons. The molecule has 0 aromatic heterocycles. The van der Waals surface area contributed by atoms with Gasteiger partial charge in [0.25, 0.3) is 0 Å². The maximum atomic E-state index is 8.55. The zero-order valence-electron chi connectivity index (χ0n) is 5.66. The van der Waals surface area contributed by atoms with E-state index in [2.05, 4.69) is 0 Å². The van der Waals surface area contributed by atoms with Crippen LogP contribution in [0.25, 0.3) is 0 Å². The Morgan fingerprint density at radius 3 is 0.538 bits per heavy atom. The number of hydrogen-bond acceptors (Lipinski definition) is 8. The minimum absolute atomic E-state index is 0. The van der Waals surface area contributed by atoms with Gasteiger partial charge in [-0.1, -0.05) is 0 Å². The SMILES string of the molecule is O=P([O-])([O-])[O-].O=P([O-])([O-])[O-].[Sn+4].[Sn+4].[Sn+4]. The predicted octanol–water partition coefficient (Wildman–Crippen LogP) is -6.79. The third-order valence-corrected chi connectivity index (χ3v) is 0. The zero-order valence-corrected chi connectivity index (χ0v) is 16.0. The van der Waals surface area contributed by atoms with Crippen LogP contribution in [0.4, 0.5) is 0 Å². The normalized spacial score (nSPS) is 9.08. The molecule has 0 aromatic rings. The van der Waals surface area contributed by atoms with Crippen molar-refractivity contribution in [2.75, 3.05) is 0 Å². The van der Waals surface area contributed by atoms with Gasteiger partial charge in [-0.05, 0) is 0 Å². The van der Waals surface area contributed by atoms with Crippen molar-refractivity contribution in [3.05, 3.63) is 0 Å². The topological polar surface area (TPSA) is 172 Å². The Kier molecular flexibility index (Phi) is 28.9. The molecule has 0 heterocycles. The van der Waals surface area contributed by atoms with E-state index in [1.807, 2.05) is 0 Å². The Labute approximate surface area is 124 Å². The Bertz CT molecular complexity index is 130. The van der Waals surface area contributed by atoms with Crippen molar-refractivity contribution in [1.82, 2.24) is 0 Å². The van der Waals surface area contributed by atoms with Crippen LogP contribution in [0.2, 0.25) is 0 Å². The molecular weight excluding hydrogens is 546 g/mol. The van der Waals surface area contributed by atoms with Crippen LogP contribution in [0.5, 0.6) is 0 Å². The molecule has 0 aliphatic rings. The van der Waals surface area contributed by atoms with Crippen LogP contribution >= 0.6 is 15.6 Å². The van der Waals surface area contributed by atoms with E-state index in [1.54, 1.807) is 0 Å². The minimum atomic E-state index is -5.39. The molecule has 0 fully saturated rings. The zero-order chi connectivity index (χ0) is 9.00. The van der Waals surface area contributed by atoms with Crippen molar-refractivity contribution in [1.29, 1.82) is 0 Å². The number of hydrogen-bond donors (Lipinski definition) is 0. The van der Waals surface area contributed by atoms with Gasteiger partial charge in [0.1, 0.15) is 0 Å². The molecule has 0 saturated heterocycles. The Morgan fingerprint density at radius 2 is 0.538 bits per heavy atom. The molecule has 0 aromatic carbocycles. The van der Waals surface area contributed by atoms with Crippen LogP contribution in [-0.2, 0) is 9.13 Å². The second-order valence-electron chi connectivity index (χ2n) is 0.894. The van der Waals surface area contributed by atoms with Crippen LogP contribution in [0.3, 0.4) is 0 Å². The predicted molar refractivity (Wildman–Crippen MR) is 32.5 cm³/mol. The summed E-state index contributed by atoms with van der Waals surface area (Å²) in [6, 6.07) is 0. The van der Waals surface area contributed by atoms with Crippen LogP contribution in [0.1, 0.15) is 0 Å². The van der Waals surface area contributed by atoms with Gasteiger partial charge in [-0.3, -0.25) is 0 Å². The summed E-state index contributed by atoms with van der Waals surface area (Å²) < 4.78 is 17.1. The molecule has 0 aliphatic carbocycles. The largest absolute Gasteiger partial charge is 4.00 e. The third kappa shape index (κ3) is 340. The first-order chi connectivity index (χ1) is 4.00. The van der Waals surface area contributed by atoms with E-state index in [0.717, 1.165) is 0 Å². The fourth-order valence-electron chi connectivity index (χ4n) is 0. The number of rotatable bonds is 0. The van der Waals surface area contributed by atoms with Gasteiger partial charge in [0.05, 0.1) is 0 Å². The molecule has 0 aliphatic heterocycles. The van der Waals surface area contributed by atoms with Crippen molar-refractivity contribution in [3.63, 3.8) is 0 Å². The van der Waals surface area contributed by atoms with Gasteiger partial charge in [-0.15, -0.1) is 0 Å². The van der Waals surface area contributed by atoms with E-state index in [4.69, 9.17) is 38.5 Å². The van der Waals surface area contributed by atoms with E-state index in [1.165, 1.54) is 0 Å². The number of phosphoric acid groups is 2. The summed E-state index contributed by atoms with van der Waals surface area (Å²) in [6.07, 6.45) is 0. The van der Waals surface area contributed by atoms with Crippen LogP contribution in [-0.4, -0.2) is 71.7 Å². The minimum Gasteiger partial charge on any atom is -0.822 e. The molecule has 0 unspecified atom stereocenters. The molecule has 0 N–H and O–H groups in total. The first kappa shape index (κ1) is 29.6. The fourth-order valence-corrected chi connectivity index (χ4v) is 0. The molecule has 8 nitrogen and oxygen atoms in total. The molecule has 13 heavy (non-hydrogen) atoms. The molecule has 0 atom stereocenters. The summed E-state index contributed by atoms with van der Waals surface area (Å²) in [5.41, 5.74) is 0. The van der Waals surface area contributed by atoms with Crippen LogP contribution in [0.15, 0.2) is 0 Å². The molecule has 0 rings (SSSR count). The van der Waals surface area contributed by atoms with E-state index in [0.29, 0.717) is 0 Å². The molecule has 0 saturated carbocycles. The van der Waals surface area contributed by atoms with Gasteiger partial charge in [0.15, 0.2) is 0 Å². The van der Waals surface area contributed by atoms with Gasteiger partial charge >= 0.3 is 71.7 Å². The van der Waals surface area contributed by atoms with Crippen molar-refractivity contribution < 1.29 is 38.5 Å². The van der Waals surface area contributed by atoms with E-state index >= 15 is 0 Å². The van der Waals surface area contributed by atoms with Crippen molar-refractivity contribution >= 4 is 87.4 Å². The van der Waals surface area contributed by atoms with Crippen LogP contribution in [0, 0.1) is 0 Å². The Morgan fingerprint density at radius 1 is 0.538 bits per heavy atom. The quantitative estimate of drug-likeness (QED) is 0.213. The van der Waals surface area contributed by atoms with Crippen molar-refractivity contribution in [2.45, 2.75) is 0 Å². The molecule has 0 spiro atoms. The van der Waals surface area contributed by atoms with Gasteiger partial charge in [-0.2, -0.15) is 15.6 Å². The van der Waals surface area contributed by atoms with Crippen molar-refractivity contribution in [3.8, 4) is 0 Å². The summed E-state index contributed by atoms with van der Waals surface area (Å²) in [6.45, 7) is 0. The summed E-state index contributed by atoms with van der Waals surface area (Å²) in [5.74, 6) is 0. The van der Waals surface area contributed by atoms with E-state index in [-0.39, 0.29) is 71.7 Å². The summed E-state index contributed by atoms with van der Waals surface area (Å²) >= 11 is 0. The maximum absolute atomic E-state index is 8.55. The summed E-state index contributed by atoms with van der Waals surface area (Å²) in [7, 11) is -10.8. The Hall–Kier alpha value is 2.62. The fraction of sp³-hybridized carbons (Fsp3) is 0. The molecular formula is O8P2Sn3+6. The maximum Gasteiger partial charge on any atom is 4.00 e. The van der Waals surface area contributed by atoms with Crippen molar-refractivity contribution in [2.24, 2.45) is 0 Å². The molecule has 0 bridgehead atoms.